The third-order valence-electron chi connectivity index (χ3n) is 2.31. The second-order valence-electron chi connectivity index (χ2n) is 3.64. The van der Waals surface area contributed by atoms with Crippen LogP contribution in [0, 0.1) is 0 Å². The average molecular weight is 225 g/mol. The maximum Gasteiger partial charge on any atom is 0.0996 e. The van der Waals surface area contributed by atoms with E-state index in [0.717, 1.165) is 11.1 Å². The lowest BCUT2D eigenvalue weighted by atomic mass is 10.2. The fourth-order valence-electron chi connectivity index (χ4n) is 1.44. The second-order valence-corrected chi connectivity index (χ2v) is 3.64. The van der Waals surface area contributed by atoms with Crippen LogP contribution in [0.3, 0.4) is 0 Å². The topological polar surface area (TPSA) is 21.3 Å². The molecule has 0 fully saturated rings. The van der Waals surface area contributed by atoms with E-state index in [-0.39, 0.29) is 0 Å². The molecule has 0 heterocycles. The first-order valence-electron chi connectivity index (χ1n) is 5.58. The summed E-state index contributed by atoms with van der Waals surface area (Å²) in [5.41, 5.74) is 5.09. The Morgan fingerprint density at radius 3 is 2.24 bits per heavy atom. The lowest BCUT2D eigenvalue weighted by molar-refractivity contribution is 0.0581. The number of hydroxylamine groups is 1. The molecule has 0 saturated carbocycles. The number of benzene rings is 2. The van der Waals surface area contributed by atoms with Crippen molar-refractivity contribution in [1.82, 2.24) is 5.48 Å². The molecular weight excluding hydrogens is 210 g/mol. The minimum absolute atomic E-state index is 0.556. The van der Waals surface area contributed by atoms with Crippen molar-refractivity contribution in [3.63, 3.8) is 0 Å². The van der Waals surface area contributed by atoms with Crippen LogP contribution in [0.4, 0.5) is 0 Å². The largest absolute Gasteiger partial charge is 0.274 e. The van der Waals surface area contributed by atoms with E-state index in [1.165, 1.54) is 0 Å². The molecule has 1 N–H and O–H groups in total. The standard InChI is InChI=1S/C15H15NO/c1-3-7-14(8-4-1)11-12-16-17-13-15-9-5-2-6-10-15/h1-12,16H,13H2. The van der Waals surface area contributed by atoms with E-state index in [1.54, 1.807) is 6.20 Å². The summed E-state index contributed by atoms with van der Waals surface area (Å²) in [6.07, 6.45) is 3.75. The van der Waals surface area contributed by atoms with Gasteiger partial charge in [0.1, 0.15) is 0 Å². The monoisotopic (exact) mass is 225 g/mol. The smallest absolute Gasteiger partial charge is 0.0996 e. The Balaban J connectivity index is 1.72. The molecule has 2 rings (SSSR count). The highest BCUT2D eigenvalue weighted by atomic mass is 16.6. The highest BCUT2D eigenvalue weighted by Crippen LogP contribution is 2.01. The van der Waals surface area contributed by atoms with Crippen LogP contribution >= 0.6 is 0 Å². The Bertz CT molecular complexity index is 451. The van der Waals surface area contributed by atoms with Crippen LogP contribution in [0.2, 0.25) is 0 Å². The minimum atomic E-state index is 0.556. The van der Waals surface area contributed by atoms with E-state index in [1.807, 2.05) is 66.7 Å². The van der Waals surface area contributed by atoms with Crippen LogP contribution < -0.4 is 5.48 Å². The summed E-state index contributed by atoms with van der Waals surface area (Å²) in [4.78, 5) is 5.30. The molecule has 0 aliphatic rings. The maximum absolute atomic E-state index is 5.30. The minimum Gasteiger partial charge on any atom is -0.274 e. The van der Waals surface area contributed by atoms with E-state index < -0.39 is 0 Å². The zero-order valence-corrected chi connectivity index (χ0v) is 9.54. The number of nitrogens with one attached hydrogen (secondary N) is 1. The van der Waals surface area contributed by atoms with Crippen LogP contribution in [-0.2, 0) is 11.4 Å². The van der Waals surface area contributed by atoms with E-state index in [0.29, 0.717) is 6.61 Å². The van der Waals surface area contributed by atoms with Gasteiger partial charge in [0.25, 0.3) is 0 Å². The van der Waals surface area contributed by atoms with Crippen molar-refractivity contribution in [1.29, 1.82) is 0 Å². The van der Waals surface area contributed by atoms with Gasteiger partial charge in [-0.3, -0.25) is 10.3 Å². The van der Waals surface area contributed by atoms with Gasteiger partial charge in [-0.25, -0.2) is 0 Å². The van der Waals surface area contributed by atoms with Gasteiger partial charge in [0.2, 0.25) is 0 Å². The molecule has 0 unspecified atom stereocenters. The van der Waals surface area contributed by atoms with Gasteiger partial charge in [0, 0.05) is 6.20 Å². The van der Waals surface area contributed by atoms with E-state index in [4.69, 9.17) is 4.84 Å². The highest BCUT2D eigenvalue weighted by molar-refractivity contribution is 5.47. The number of hydrogen-bond acceptors (Lipinski definition) is 2. The molecule has 0 spiro atoms. The van der Waals surface area contributed by atoms with Crippen molar-refractivity contribution < 1.29 is 4.84 Å². The number of rotatable bonds is 5. The Morgan fingerprint density at radius 2 is 1.53 bits per heavy atom. The molecule has 17 heavy (non-hydrogen) atoms. The summed E-state index contributed by atoms with van der Waals surface area (Å²) in [5, 5.41) is 0. The van der Waals surface area contributed by atoms with Gasteiger partial charge < -0.3 is 0 Å². The van der Waals surface area contributed by atoms with Crippen molar-refractivity contribution in [2.75, 3.05) is 0 Å². The van der Waals surface area contributed by atoms with Crippen LogP contribution in [0.1, 0.15) is 11.1 Å². The van der Waals surface area contributed by atoms with Gasteiger partial charge in [-0.05, 0) is 17.2 Å². The lowest BCUT2D eigenvalue weighted by Gasteiger charge is -2.02. The van der Waals surface area contributed by atoms with E-state index in [9.17, 15) is 0 Å². The molecule has 2 nitrogen and oxygen atoms in total. The normalized spacial score (nSPS) is 10.6. The molecule has 0 atom stereocenters. The fraction of sp³-hybridized carbons (Fsp3) is 0.0667. The van der Waals surface area contributed by atoms with Gasteiger partial charge in [0.05, 0.1) is 6.61 Å². The molecule has 2 aromatic rings. The van der Waals surface area contributed by atoms with Crippen LogP contribution in [-0.4, -0.2) is 0 Å². The van der Waals surface area contributed by atoms with Crippen LogP contribution in [0.15, 0.2) is 66.9 Å². The predicted molar refractivity (Wildman–Crippen MR) is 69.8 cm³/mol. The molecule has 0 amide bonds. The molecule has 0 saturated heterocycles. The van der Waals surface area contributed by atoms with Gasteiger partial charge in [-0.2, -0.15) is 0 Å². The van der Waals surface area contributed by atoms with Crippen LogP contribution in [0.25, 0.3) is 6.08 Å². The third-order valence-corrected chi connectivity index (χ3v) is 2.31. The highest BCUT2D eigenvalue weighted by Gasteiger charge is 1.88. The molecule has 0 radical (unpaired) electrons. The average Bonchev–Trinajstić information content (AvgIpc) is 2.41. The summed E-state index contributed by atoms with van der Waals surface area (Å²) in [6.45, 7) is 0.556. The first-order chi connectivity index (χ1) is 8.45. The molecule has 86 valence electrons. The summed E-state index contributed by atoms with van der Waals surface area (Å²) in [6, 6.07) is 20.1. The molecule has 2 heteroatoms. The van der Waals surface area contributed by atoms with Crippen molar-refractivity contribution in [3.05, 3.63) is 78.0 Å². The second kappa shape index (κ2) is 6.51. The van der Waals surface area contributed by atoms with Gasteiger partial charge in [-0.15, -0.1) is 0 Å². The SMILES string of the molecule is C(=Cc1ccccc1)NOCc1ccccc1. The Labute approximate surface area is 102 Å². The first-order valence-corrected chi connectivity index (χ1v) is 5.58. The quantitative estimate of drug-likeness (QED) is 0.622. The predicted octanol–water partition coefficient (Wildman–Crippen LogP) is 3.38. The van der Waals surface area contributed by atoms with Gasteiger partial charge in [-0.1, -0.05) is 60.7 Å². The zero-order valence-electron chi connectivity index (χ0n) is 9.54. The summed E-state index contributed by atoms with van der Waals surface area (Å²) < 4.78 is 0. The Hall–Kier alpha value is -2.06. The number of hydrogen-bond donors (Lipinski definition) is 1. The maximum atomic E-state index is 5.30. The third kappa shape index (κ3) is 4.13. The summed E-state index contributed by atoms with van der Waals surface area (Å²) in [5.74, 6) is 0. The lowest BCUT2D eigenvalue weighted by Crippen LogP contribution is -2.05. The zero-order chi connectivity index (χ0) is 11.8. The summed E-state index contributed by atoms with van der Waals surface area (Å²) in [7, 11) is 0. The van der Waals surface area contributed by atoms with Gasteiger partial charge >= 0.3 is 0 Å². The van der Waals surface area contributed by atoms with Crippen molar-refractivity contribution >= 4 is 6.08 Å². The van der Waals surface area contributed by atoms with Crippen molar-refractivity contribution in [2.45, 2.75) is 6.61 Å². The molecule has 2 aromatic carbocycles. The van der Waals surface area contributed by atoms with Crippen LogP contribution in [0.5, 0.6) is 0 Å². The summed E-state index contributed by atoms with van der Waals surface area (Å²) >= 11 is 0. The molecule has 0 aliphatic heterocycles. The molecule has 0 aliphatic carbocycles. The Morgan fingerprint density at radius 1 is 0.882 bits per heavy atom. The Kier molecular flexibility index (Phi) is 4.37. The van der Waals surface area contributed by atoms with Crippen molar-refractivity contribution in [2.24, 2.45) is 0 Å². The van der Waals surface area contributed by atoms with Crippen molar-refractivity contribution in [3.8, 4) is 0 Å². The first kappa shape index (κ1) is 11.4. The van der Waals surface area contributed by atoms with E-state index >= 15 is 0 Å². The van der Waals surface area contributed by atoms with E-state index in [2.05, 4.69) is 5.48 Å². The molecule has 0 aromatic heterocycles. The fourth-order valence-corrected chi connectivity index (χ4v) is 1.44. The van der Waals surface area contributed by atoms with Gasteiger partial charge in [0.15, 0.2) is 0 Å². The molecular formula is C15H15NO. The molecule has 0 bridgehead atoms.